The molecule has 3 aromatic rings. The predicted octanol–water partition coefficient (Wildman–Crippen LogP) is 4.03. The minimum absolute atomic E-state index is 0.284. The van der Waals surface area contributed by atoms with Crippen molar-refractivity contribution in [1.29, 1.82) is 0 Å². The quantitative estimate of drug-likeness (QED) is 0.624. The summed E-state index contributed by atoms with van der Waals surface area (Å²) in [5.74, 6) is -0.00657. The summed E-state index contributed by atoms with van der Waals surface area (Å²) in [4.78, 5) is 17.6. The molecule has 0 unspecified atom stereocenters. The van der Waals surface area contributed by atoms with E-state index in [1.54, 1.807) is 43.6 Å². The summed E-state index contributed by atoms with van der Waals surface area (Å²) < 4.78 is 1.39. The first kappa shape index (κ1) is 19.3. The summed E-state index contributed by atoms with van der Waals surface area (Å²) in [5.41, 5.74) is 2.27. The Morgan fingerprint density at radius 3 is 2.70 bits per heavy atom. The number of carbonyl (C=O) groups is 1. The Bertz CT molecular complexity index is 1030. The van der Waals surface area contributed by atoms with Gasteiger partial charge in [-0.25, -0.2) is 9.67 Å². The van der Waals surface area contributed by atoms with Crippen LogP contribution >= 0.6 is 35.4 Å². The monoisotopic (exact) mass is 419 g/mol. The van der Waals surface area contributed by atoms with Gasteiger partial charge in [-0.1, -0.05) is 35.4 Å². The van der Waals surface area contributed by atoms with E-state index in [1.807, 2.05) is 6.92 Å². The molecule has 0 bridgehead atoms. The van der Waals surface area contributed by atoms with Crippen LogP contribution in [0, 0.1) is 6.92 Å². The van der Waals surface area contributed by atoms with Crippen LogP contribution < -0.4 is 10.6 Å². The second-order valence-corrected chi connectivity index (χ2v) is 6.87. The number of anilines is 1. The molecular formula is C18H15Cl2N5OS. The van der Waals surface area contributed by atoms with Crippen LogP contribution in [0.5, 0.6) is 0 Å². The summed E-state index contributed by atoms with van der Waals surface area (Å²) in [5, 5.41) is 10.9. The first-order chi connectivity index (χ1) is 12.9. The lowest BCUT2D eigenvalue weighted by Crippen LogP contribution is -2.23. The topological polar surface area (TPSA) is 71.8 Å². The number of nitrogens with one attached hydrogen (secondary N) is 2. The molecular weight excluding hydrogens is 405 g/mol. The molecule has 0 radical (unpaired) electrons. The number of aromatic nitrogens is 3. The van der Waals surface area contributed by atoms with Gasteiger partial charge in [-0.15, -0.1) is 0 Å². The zero-order valence-electron chi connectivity index (χ0n) is 14.5. The number of carbonyl (C=O) groups excluding carboxylic acids is 1. The van der Waals surface area contributed by atoms with Crippen LogP contribution in [0.4, 0.5) is 5.69 Å². The van der Waals surface area contributed by atoms with Crippen molar-refractivity contribution < 1.29 is 4.79 Å². The molecule has 0 saturated heterocycles. The lowest BCUT2D eigenvalue weighted by molar-refractivity contribution is 0.101. The van der Waals surface area contributed by atoms with Gasteiger partial charge in [0.15, 0.2) is 5.82 Å². The molecule has 2 N–H and O–H groups in total. The molecule has 1 aromatic carbocycles. The van der Waals surface area contributed by atoms with Crippen LogP contribution in [-0.2, 0) is 0 Å². The van der Waals surface area contributed by atoms with Crippen molar-refractivity contribution in [2.75, 3.05) is 12.4 Å². The van der Waals surface area contributed by atoms with Crippen molar-refractivity contribution in [2.24, 2.45) is 0 Å². The molecule has 138 valence electrons. The Kier molecular flexibility index (Phi) is 5.74. The molecule has 0 aliphatic carbocycles. The van der Waals surface area contributed by atoms with Gasteiger partial charge >= 0.3 is 0 Å². The van der Waals surface area contributed by atoms with Crippen LogP contribution in [0.2, 0.25) is 10.0 Å². The number of hydrogen-bond acceptors (Lipinski definition) is 4. The van der Waals surface area contributed by atoms with Gasteiger partial charge in [-0.2, -0.15) is 5.10 Å². The van der Waals surface area contributed by atoms with Gasteiger partial charge in [-0.05, 0) is 42.8 Å². The lowest BCUT2D eigenvalue weighted by Gasteiger charge is -2.16. The molecule has 0 saturated carbocycles. The fraction of sp³-hybridized carbons (Fsp3) is 0.111. The highest BCUT2D eigenvalue weighted by Gasteiger charge is 2.19. The molecule has 0 spiro atoms. The summed E-state index contributed by atoms with van der Waals surface area (Å²) in [6.45, 7) is 1.84. The van der Waals surface area contributed by atoms with Gasteiger partial charge in [-0.3, -0.25) is 4.79 Å². The average molecular weight is 420 g/mol. The fourth-order valence-electron chi connectivity index (χ4n) is 2.58. The molecule has 27 heavy (non-hydrogen) atoms. The molecule has 0 atom stereocenters. The van der Waals surface area contributed by atoms with E-state index in [0.29, 0.717) is 32.1 Å². The zero-order chi connectivity index (χ0) is 19.6. The third kappa shape index (κ3) is 3.95. The number of halogens is 2. The average Bonchev–Trinajstić information content (AvgIpc) is 3.13. The van der Waals surface area contributed by atoms with E-state index in [0.717, 1.165) is 5.56 Å². The van der Waals surface area contributed by atoms with Crippen molar-refractivity contribution in [1.82, 2.24) is 20.1 Å². The number of nitrogens with zero attached hydrogens (tertiary/aromatic N) is 3. The van der Waals surface area contributed by atoms with Crippen LogP contribution in [0.15, 0.2) is 42.7 Å². The van der Waals surface area contributed by atoms with E-state index in [2.05, 4.69) is 20.7 Å². The molecule has 2 aromatic heterocycles. The Morgan fingerprint density at radius 1 is 1.22 bits per heavy atom. The molecule has 1 amide bonds. The summed E-state index contributed by atoms with van der Waals surface area (Å²) >= 11 is 17.7. The SMILES string of the molecule is CNC(=S)c1cc(Cl)cc(C)c1NC(=O)c1ccnn1-c1ncccc1Cl. The number of pyridine rings is 1. The van der Waals surface area contributed by atoms with Gasteiger partial charge in [0, 0.05) is 23.8 Å². The molecule has 0 aliphatic heterocycles. The van der Waals surface area contributed by atoms with Gasteiger partial charge in [0.05, 0.1) is 16.9 Å². The number of hydrogen-bond donors (Lipinski definition) is 2. The molecule has 6 nitrogen and oxygen atoms in total. The highest BCUT2D eigenvalue weighted by atomic mass is 35.5. The maximum atomic E-state index is 12.9. The van der Waals surface area contributed by atoms with E-state index < -0.39 is 0 Å². The Morgan fingerprint density at radius 2 is 2.00 bits per heavy atom. The number of benzene rings is 1. The highest BCUT2D eigenvalue weighted by molar-refractivity contribution is 7.80. The van der Waals surface area contributed by atoms with Gasteiger partial charge < -0.3 is 10.6 Å². The van der Waals surface area contributed by atoms with Crippen LogP contribution in [0.1, 0.15) is 21.6 Å². The Labute approximate surface area is 171 Å². The van der Waals surface area contributed by atoms with Gasteiger partial charge in [0.2, 0.25) is 0 Å². The van der Waals surface area contributed by atoms with Crippen molar-refractivity contribution >= 4 is 52.0 Å². The van der Waals surface area contributed by atoms with Crippen LogP contribution in [0.3, 0.4) is 0 Å². The summed E-state index contributed by atoms with van der Waals surface area (Å²) in [7, 11) is 1.71. The lowest BCUT2D eigenvalue weighted by atomic mass is 10.1. The van der Waals surface area contributed by atoms with E-state index in [-0.39, 0.29) is 11.6 Å². The van der Waals surface area contributed by atoms with Crippen molar-refractivity contribution in [3.63, 3.8) is 0 Å². The smallest absolute Gasteiger partial charge is 0.274 e. The largest absolute Gasteiger partial charge is 0.379 e. The number of amides is 1. The fourth-order valence-corrected chi connectivity index (χ4v) is 3.21. The molecule has 0 aliphatic rings. The molecule has 2 heterocycles. The maximum absolute atomic E-state index is 12.9. The summed E-state index contributed by atoms with van der Waals surface area (Å²) in [6, 6.07) is 8.43. The number of rotatable bonds is 4. The third-order valence-electron chi connectivity index (χ3n) is 3.83. The van der Waals surface area contributed by atoms with Gasteiger partial charge in [0.25, 0.3) is 5.91 Å². The van der Waals surface area contributed by atoms with Crippen molar-refractivity contribution in [2.45, 2.75) is 6.92 Å². The zero-order valence-corrected chi connectivity index (χ0v) is 16.8. The van der Waals surface area contributed by atoms with E-state index in [9.17, 15) is 4.79 Å². The molecule has 9 heteroatoms. The maximum Gasteiger partial charge on any atom is 0.274 e. The predicted molar refractivity (Wildman–Crippen MR) is 111 cm³/mol. The number of thiocarbonyl (C=S) groups is 1. The first-order valence-electron chi connectivity index (χ1n) is 7.91. The standard InChI is InChI=1S/C18H15Cl2N5OS/c1-10-8-11(19)9-12(18(27)21-2)15(10)24-17(26)14-5-7-23-25(14)16-13(20)4-3-6-22-16/h3-9H,1-2H3,(H,21,27)(H,24,26). The number of aryl methyl sites for hydroxylation is 1. The Hall–Kier alpha value is -2.48. The normalized spacial score (nSPS) is 10.5. The van der Waals surface area contributed by atoms with E-state index in [4.69, 9.17) is 35.4 Å². The second kappa shape index (κ2) is 8.04. The highest BCUT2D eigenvalue weighted by Crippen LogP contribution is 2.27. The van der Waals surface area contributed by atoms with Crippen molar-refractivity contribution in [3.8, 4) is 5.82 Å². The van der Waals surface area contributed by atoms with E-state index in [1.165, 1.54) is 10.9 Å². The van der Waals surface area contributed by atoms with Crippen LogP contribution in [-0.4, -0.2) is 32.7 Å². The molecule has 3 rings (SSSR count). The first-order valence-corrected chi connectivity index (χ1v) is 9.07. The van der Waals surface area contributed by atoms with Gasteiger partial charge in [0.1, 0.15) is 10.7 Å². The Balaban J connectivity index is 2.00. The molecule has 0 fully saturated rings. The van der Waals surface area contributed by atoms with E-state index >= 15 is 0 Å². The summed E-state index contributed by atoms with van der Waals surface area (Å²) in [6.07, 6.45) is 3.09. The minimum Gasteiger partial charge on any atom is -0.379 e. The minimum atomic E-state index is -0.375. The van der Waals surface area contributed by atoms with Crippen LogP contribution in [0.25, 0.3) is 5.82 Å². The van der Waals surface area contributed by atoms with Crippen molar-refractivity contribution in [3.05, 3.63) is 69.6 Å². The third-order valence-corrected chi connectivity index (χ3v) is 4.76. The second-order valence-electron chi connectivity index (χ2n) is 5.62.